The molecule has 2 saturated heterocycles. The number of ether oxygens (including phenoxy) is 2. The van der Waals surface area contributed by atoms with Gasteiger partial charge < -0.3 is 19.8 Å². The summed E-state index contributed by atoms with van der Waals surface area (Å²) in [6.07, 6.45) is 3.71. The number of rotatable bonds is 8. The zero-order valence-electron chi connectivity index (χ0n) is 21.1. The molecule has 2 aromatic carbocycles. The fourth-order valence-electron chi connectivity index (χ4n) is 5.20. The number of fused-ring (bicyclic) bond motifs is 1. The van der Waals surface area contributed by atoms with Crippen LogP contribution in [0.1, 0.15) is 34.3 Å². The molecule has 2 aliphatic rings. The Kier molecular flexibility index (Phi) is 8.10. The Labute approximate surface area is 221 Å². The van der Waals surface area contributed by atoms with Crippen LogP contribution in [0.25, 0.3) is 10.9 Å². The minimum Gasteiger partial charge on any atom is -0.382 e. The Hall–Kier alpha value is -2.91. The van der Waals surface area contributed by atoms with E-state index in [4.69, 9.17) is 21.1 Å². The zero-order valence-corrected chi connectivity index (χ0v) is 21.9. The molecule has 8 nitrogen and oxygen atoms in total. The fourth-order valence-corrected chi connectivity index (χ4v) is 5.32. The molecule has 1 N–H and O–H groups in total. The number of methoxy groups -OCH3 is 1. The van der Waals surface area contributed by atoms with Gasteiger partial charge in [-0.3, -0.25) is 19.2 Å². The molecule has 1 unspecified atom stereocenters. The van der Waals surface area contributed by atoms with Crippen LogP contribution in [-0.4, -0.2) is 68.1 Å². The second-order valence-electron chi connectivity index (χ2n) is 9.68. The molecule has 3 aromatic rings. The summed E-state index contributed by atoms with van der Waals surface area (Å²) in [5, 5.41) is 6.31. The molecule has 196 valence electrons. The molecule has 1 amide bonds. The highest BCUT2D eigenvalue weighted by Gasteiger charge is 2.27. The van der Waals surface area contributed by atoms with Crippen molar-refractivity contribution in [2.24, 2.45) is 0 Å². The molecular formula is C28H33ClN4O4. The van der Waals surface area contributed by atoms with Gasteiger partial charge in [0.1, 0.15) is 5.56 Å². The van der Waals surface area contributed by atoms with Crippen LogP contribution in [0.2, 0.25) is 5.02 Å². The molecule has 0 bridgehead atoms. The second-order valence-corrected chi connectivity index (χ2v) is 10.1. The van der Waals surface area contributed by atoms with Crippen LogP contribution in [0.3, 0.4) is 0 Å². The zero-order chi connectivity index (χ0) is 25.8. The summed E-state index contributed by atoms with van der Waals surface area (Å²) in [5.41, 5.74) is 2.63. The van der Waals surface area contributed by atoms with Crippen molar-refractivity contribution in [3.63, 3.8) is 0 Å². The topological polar surface area (TPSA) is 76.0 Å². The summed E-state index contributed by atoms with van der Waals surface area (Å²) >= 11 is 5.98. The van der Waals surface area contributed by atoms with Crippen LogP contribution in [0.4, 0.5) is 0 Å². The monoisotopic (exact) mass is 524 g/mol. The Morgan fingerprint density at radius 3 is 2.62 bits per heavy atom. The first-order chi connectivity index (χ1) is 18.0. The maximum absolute atomic E-state index is 13.7. The van der Waals surface area contributed by atoms with Gasteiger partial charge >= 0.3 is 0 Å². The Balaban J connectivity index is 1.51. The highest BCUT2D eigenvalue weighted by atomic mass is 35.5. The van der Waals surface area contributed by atoms with Crippen LogP contribution in [0, 0.1) is 0 Å². The lowest BCUT2D eigenvalue weighted by Crippen LogP contribution is -2.43. The average Bonchev–Trinajstić information content (AvgIpc) is 3.37. The van der Waals surface area contributed by atoms with Gasteiger partial charge in [0.2, 0.25) is 5.43 Å². The van der Waals surface area contributed by atoms with Crippen molar-refractivity contribution in [2.75, 3.05) is 51.6 Å². The van der Waals surface area contributed by atoms with Gasteiger partial charge in [-0.1, -0.05) is 29.8 Å². The number of morpholine rings is 1. The standard InChI is InChI=1S/C28H33ClN4O4/c1-36-19-23-3-2-10-32(23)33-18-25(28(35)30-16-20-4-7-22(29)8-5-20)27(34)24-15-21(6-9-26(24)33)17-31-11-13-37-14-12-31/h4-9,15,18,23H,2-3,10-14,16-17,19H2,1H3,(H,30,35). The number of benzene rings is 2. The van der Waals surface area contributed by atoms with Crippen molar-refractivity contribution in [1.29, 1.82) is 0 Å². The molecule has 0 aliphatic carbocycles. The van der Waals surface area contributed by atoms with Crippen molar-refractivity contribution in [3.05, 3.63) is 80.6 Å². The van der Waals surface area contributed by atoms with E-state index in [-0.39, 0.29) is 17.0 Å². The van der Waals surface area contributed by atoms with E-state index in [1.165, 1.54) is 0 Å². The first-order valence-corrected chi connectivity index (χ1v) is 13.2. The van der Waals surface area contributed by atoms with Crippen molar-refractivity contribution >= 4 is 28.4 Å². The lowest BCUT2D eigenvalue weighted by Gasteiger charge is -2.31. The Morgan fingerprint density at radius 2 is 1.86 bits per heavy atom. The lowest BCUT2D eigenvalue weighted by molar-refractivity contribution is 0.0342. The normalized spacial score (nSPS) is 18.4. The first-order valence-electron chi connectivity index (χ1n) is 12.8. The number of carbonyl (C=O) groups excluding carboxylic acids is 1. The van der Waals surface area contributed by atoms with Gasteiger partial charge in [0, 0.05) is 56.4 Å². The molecule has 0 radical (unpaired) electrons. The summed E-state index contributed by atoms with van der Waals surface area (Å²) < 4.78 is 12.9. The van der Waals surface area contributed by atoms with Gasteiger partial charge in [0.25, 0.3) is 5.91 Å². The van der Waals surface area contributed by atoms with Crippen LogP contribution in [0.5, 0.6) is 0 Å². The van der Waals surface area contributed by atoms with Gasteiger partial charge in [-0.25, -0.2) is 0 Å². The maximum atomic E-state index is 13.7. The fraction of sp³-hybridized carbons (Fsp3) is 0.429. The number of hydrogen-bond acceptors (Lipinski definition) is 6. The van der Waals surface area contributed by atoms with Crippen molar-refractivity contribution < 1.29 is 14.3 Å². The van der Waals surface area contributed by atoms with Crippen LogP contribution >= 0.6 is 11.6 Å². The van der Waals surface area contributed by atoms with E-state index in [1.807, 2.05) is 28.9 Å². The Morgan fingerprint density at radius 1 is 1.11 bits per heavy atom. The number of nitrogens with zero attached hydrogens (tertiary/aromatic N) is 3. The SMILES string of the molecule is COCC1CCCN1n1cc(C(=O)NCc2ccc(Cl)cc2)c(=O)c2cc(CN3CCOCC3)ccc21. The summed E-state index contributed by atoms with van der Waals surface area (Å²) in [4.78, 5) is 29.3. The lowest BCUT2D eigenvalue weighted by atomic mass is 10.1. The van der Waals surface area contributed by atoms with E-state index < -0.39 is 5.91 Å². The molecule has 1 atom stereocenters. The molecule has 9 heteroatoms. The third-order valence-corrected chi connectivity index (χ3v) is 7.40. The number of nitrogens with one attached hydrogen (secondary N) is 1. The molecular weight excluding hydrogens is 492 g/mol. The second kappa shape index (κ2) is 11.6. The number of aromatic nitrogens is 1. The third-order valence-electron chi connectivity index (χ3n) is 7.15. The highest BCUT2D eigenvalue weighted by Crippen LogP contribution is 2.22. The largest absolute Gasteiger partial charge is 0.382 e. The number of pyridine rings is 1. The molecule has 0 spiro atoms. The number of hydrogen-bond donors (Lipinski definition) is 1. The number of halogens is 1. The number of carbonyl (C=O) groups is 1. The molecule has 2 aliphatic heterocycles. The van der Waals surface area contributed by atoms with Crippen LogP contribution in [-0.2, 0) is 22.6 Å². The third kappa shape index (κ3) is 5.83. The van der Waals surface area contributed by atoms with E-state index in [0.717, 1.165) is 55.7 Å². The molecule has 3 heterocycles. The minimum atomic E-state index is -0.392. The van der Waals surface area contributed by atoms with E-state index in [1.54, 1.807) is 25.4 Å². The van der Waals surface area contributed by atoms with Crippen LogP contribution in [0.15, 0.2) is 53.5 Å². The van der Waals surface area contributed by atoms with E-state index in [9.17, 15) is 9.59 Å². The quantitative estimate of drug-likeness (QED) is 0.488. The summed E-state index contributed by atoms with van der Waals surface area (Å²) in [5.74, 6) is -0.392. The van der Waals surface area contributed by atoms with Gasteiger partial charge in [-0.05, 0) is 48.2 Å². The summed E-state index contributed by atoms with van der Waals surface area (Å²) in [6.45, 7) is 5.61. The molecule has 37 heavy (non-hydrogen) atoms. The van der Waals surface area contributed by atoms with Gasteiger partial charge in [-0.2, -0.15) is 0 Å². The molecule has 1 aromatic heterocycles. The molecule has 2 fully saturated rings. The molecule has 0 saturated carbocycles. The van der Waals surface area contributed by atoms with Gasteiger partial charge in [-0.15, -0.1) is 0 Å². The first kappa shape index (κ1) is 25.7. The van der Waals surface area contributed by atoms with Crippen molar-refractivity contribution in [1.82, 2.24) is 14.9 Å². The van der Waals surface area contributed by atoms with E-state index in [2.05, 4.69) is 21.3 Å². The maximum Gasteiger partial charge on any atom is 0.257 e. The smallest absolute Gasteiger partial charge is 0.257 e. The minimum absolute atomic E-state index is 0.132. The number of amides is 1. The van der Waals surface area contributed by atoms with E-state index >= 15 is 0 Å². The Bertz CT molecular complexity index is 1300. The average molecular weight is 525 g/mol. The van der Waals surface area contributed by atoms with Crippen LogP contribution < -0.4 is 15.8 Å². The summed E-state index contributed by atoms with van der Waals surface area (Å²) in [6, 6.07) is 13.5. The highest BCUT2D eigenvalue weighted by molar-refractivity contribution is 6.30. The van der Waals surface area contributed by atoms with Crippen molar-refractivity contribution in [3.8, 4) is 0 Å². The summed E-state index contributed by atoms with van der Waals surface area (Å²) in [7, 11) is 1.70. The predicted octanol–water partition coefficient (Wildman–Crippen LogP) is 3.16. The predicted molar refractivity (Wildman–Crippen MR) is 145 cm³/mol. The van der Waals surface area contributed by atoms with Gasteiger partial charge in [0.15, 0.2) is 0 Å². The van der Waals surface area contributed by atoms with Gasteiger partial charge in [0.05, 0.1) is 31.4 Å². The van der Waals surface area contributed by atoms with E-state index in [0.29, 0.717) is 36.8 Å². The van der Waals surface area contributed by atoms with Crippen molar-refractivity contribution in [2.45, 2.75) is 32.0 Å². The molecule has 5 rings (SSSR count).